The van der Waals surface area contributed by atoms with Crippen LogP contribution >= 0.6 is 0 Å². The molecular weight excluding hydrogens is 743 g/mol. The minimum atomic E-state index is -2.49. The van der Waals surface area contributed by atoms with E-state index in [-0.39, 0.29) is 41.2 Å². The van der Waals surface area contributed by atoms with Crippen molar-refractivity contribution in [3.8, 4) is 22.8 Å². The Morgan fingerprint density at radius 1 is 0.842 bits per heavy atom. The van der Waals surface area contributed by atoms with Crippen molar-refractivity contribution >= 4 is 43.1 Å². The first-order valence-electron chi connectivity index (χ1n) is 19.4. The molecule has 0 radical (unpaired) electrons. The summed E-state index contributed by atoms with van der Waals surface area (Å²) in [6.45, 7) is 20.3. The summed E-state index contributed by atoms with van der Waals surface area (Å²) in [6.07, 6.45) is -2.17. The number of hydrogen-bond donors (Lipinski definition) is 3. The van der Waals surface area contributed by atoms with Gasteiger partial charge in [0.25, 0.3) is 0 Å². The van der Waals surface area contributed by atoms with E-state index in [2.05, 4.69) is 56.8 Å². The van der Waals surface area contributed by atoms with Crippen molar-refractivity contribution in [2.24, 2.45) is 4.99 Å². The van der Waals surface area contributed by atoms with Crippen molar-refractivity contribution in [2.45, 2.75) is 117 Å². The number of H-pyrrole nitrogens is 1. The van der Waals surface area contributed by atoms with Gasteiger partial charge in [0.15, 0.2) is 5.88 Å². The van der Waals surface area contributed by atoms with Crippen molar-refractivity contribution < 1.29 is 42.9 Å². The number of aromatic hydroxyl groups is 1. The zero-order chi connectivity index (χ0) is 42.2. The molecule has 2 amide bonds. The number of para-hydroxylation sites is 1. The average Bonchev–Trinajstić information content (AvgIpc) is 3.49. The van der Waals surface area contributed by atoms with E-state index >= 15 is 0 Å². The number of benzene rings is 3. The summed E-state index contributed by atoms with van der Waals surface area (Å²) in [7, 11) is 0.312. The first-order chi connectivity index (χ1) is 26.8. The monoisotopic (exact) mass is 801 g/mol. The maximum absolute atomic E-state index is 13.4. The third-order valence-corrected chi connectivity index (χ3v) is 16.3. The number of ether oxygens (including phenoxy) is 4. The molecule has 308 valence electrons. The van der Waals surface area contributed by atoms with E-state index in [0.717, 1.165) is 5.56 Å². The molecule has 1 heterocycles. The van der Waals surface area contributed by atoms with Crippen molar-refractivity contribution in [2.75, 3.05) is 14.2 Å². The Balaban J connectivity index is 1.80. The molecule has 0 aliphatic rings. The lowest BCUT2D eigenvalue weighted by molar-refractivity contribution is -0.143. The number of fused-ring (bicyclic) bond motifs is 1. The van der Waals surface area contributed by atoms with E-state index in [1.54, 1.807) is 40.0 Å². The summed E-state index contributed by atoms with van der Waals surface area (Å²) in [5, 5.41) is 14.9. The van der Waals surface area contributed by atoms with Crippen molar-refractivity contribution in [3.63, 3.8) is 0 Å². The average molecular weight is 802 g/mol. The minimum absolute atomic E-state index is 0.0350. The molecule has 13 heteroatoms. The van der Waals surface area contributed by atoms with Gasteiger partial charge in [0, 0.05) is 22.9 Å². The van der Waals surface area contributed by atoms with Crippen LogP contribution in [0.2, 0.25) is 16.6 Å². The smallest absolute Gasteiger partial charge is 0.434 e. The van der Waals surface area contributed by atoms with Crippen LogP contribution in [0.25, 0.3) is 22.0 Å². The summed E-state index contributed by atoms with van der Waals surface area (Å²) in [5.41, 5.74) is 3.86. The van der Waals surface area contributed by atoms with E-state index < -0.39 is 44.2 Å². The van der Waals surface area contributed by atoms with Gasteiger partial charge in [-0.15, -0.1) is 0 Å². The van der Waals surface area contributed by atoms with E-state index in [0.29, 0.717) is 38.9 Å². The highest BCUT2D eigenvalue weighted by Gasteiger charge is 2.47. The number of carbonyl (C=O) groups is 3. The van der Waals surface area contributed by atoms with Crippen LogP contribution in [0.4, 0.5) is 9.59 Å². The van der Waals surface area contributed by atoms with Gasteiger partial charge in [0.1, 0.15) is 24.0 Å². The van der Waals surface area contributed by atoms with Gasteiger partial charge in [0.05, 0.1) is 37.1 Å². The number of alkyl carbamates (subject to hydrolysis) is 1. The van der Waals surface area contributed by atoms with Gasteiger partial charge >= 0.3 is 18.2 Å². The number of aromatic amines is 1. The normalized spacial score (nSPS) is 13.5. The molecule has 3 aromatic carbocycles. The number of methoxy groups -OCH3 is 2. The van der Waals surface area contributed by atoms with Gasteiger partial charge in [-0.1, -0.05) is 96.1 Å². The lowest BCUT2D eigenvalue weighted by Crippen LogP contribution is -2.51. The van der Waals surface area contributed by atoms with Crippen LogP contribution in [0.3, 0.4) is 0 Å². The summed E-state index contributed by atoms with van der Waals surface area (Å²) in [6, 6.07) is 19.1. The molecule has 0 fully saturated rings. The Morgan fingerprint density at radius 3 is 2.07 bits per heavy atom. The lowest BCUT2D eigenvalue weighted by atomic mass is 9.95. The molecule has 57 heavy (non-hydrogen) atoms. The Labute approximate surface area is 337 Å². The summed E-state index contributed by atoms with van der Waals surface area (Å²) in [5.74, 6) is -0.314. The van der Waals surface area contributed by atoms with E-state index in [4.69, 9.17) is 23.4 Å². The Bertz CT molecular complexity index is 2030. The Morgan fingerprint density at radius 2 is 1.49 bits per heavy atom. The van der Waals surface area contributed by atoms with Gasteiger partial charge in [-0.25, -0.2) is 14.4 Å². The lowest BCUT2D eigenvalue weighted by Gasteiger charge is -2.44. The number of hydrogen-bond acceptors (Lipinski definition) is 9. The third-order valence-electron chi connectivity index (χ3n) is 10.1. The van der Waals surface area contributed by atoms with Gasteiger partial charge in [0.2, 0.25) is 8.32 Å². The second kappa shape index (κ2) is 18.9. The predicted molar refractivity (Wildman–Crippen MR) is 226 cm³/mol. The molecule has 4 rings (SSSR count). The molecule has 3 N–H and O–H groups in total. The SMILES string of the molecule is COC(=O)[C@H](Cc1ccc(OC)c(-c2cccc3c(/C(=N/C(=O)OC(C)(C)C)[C@H](C)O[Si](C(C)C)(C(C)C)C(C)C)c(O)[nH]c23)c1)NC(=O)OCc1ccccc1. The van der Waals surface area contributed by atoms with Crippen LogP contribution < -0.4 is 10.1 Å². The van der Waals surface area contributed by atoms with Crippen molar-refractivity contribution in [3.05, 3.63) is 83.4 Å². The summed E-state index contributed by atoms with van der Waals surface area (Å²) >= 11 is 0. The minimum Gasteiger partial charge on any atom is -0.496 e. The maximum Gasteiger partial charge on any atom is 0.434 e. The van der Waals surface area contributed by atoms with E-state index in [1.807, 2.05) is 61.5 Å². The van der Waals surface area contributed by atoms with Gasteiger partial charge in [-0.05, 0) is 67.6 Å². The molecule has 0 aliphatic carbocycles. The second-order valence-corrected chi connectivity index (χ2v) is 21.6. The molecule has 0 bridgehead atoms. The number of carbonyl (C=O) groups excluding carboxylic acids is 3. The number of rotatable bonds is 15. The molecule has 2 atom stereocenters. The van der Waals surface area contributed by atoms with Crippen LogP contribution in [0.5, 0.6) is 11.6 Å². The number of esters is 1. The Hall–Kier alpha value is -5.14. The highest BCUT2D eigenvalue weighted by atomic mass is 28.4. The van der Waals surface area contributed by atoms with Crippen molar-refractivity contribution in [1.29, 1.82) is 0 Å². The number of amides is 2. The molecule has 0 spiro atoms. The number of aromatic nitrogens is 1. The molecule has 4 aromatic rings. The number of nitrogens with zero attached hydrogens (tertiary/aromatic N) is 1. The summed E-state index contributed by atoms with van der Waals surface area (Å²) in [4.78, 5) is 46.7. The predicted octanol–water partition coefficient (Wildman–Crippen LogP) is 9.86. The molecule has 12 nitrogen and oxygen atoms in total. The van der Waals surface area contributed by atoms with Gasteiger partial charge < -0.3 is 38.8 Å². The molecule has 0 saturated carbocycles. The fourth-order valence-corrected chi connectivity index (χ4v) is 13.3. The first-order valence-corrected chi connectivity index (χ1v) is 21.5. The molecular formula is C44H59N3O9Si. The number of aliphatic imine (C=N–C) groups is 1. The number of nitrogens with one attached hydrogen (secondary N) is 2. The van der Waals surface area contributed by atoms with E-state index in [9.17, 15) is 19.5 Å². The molecule has 0 aliphatic heterocycles. The van der Waals surface area contributed by atoms with E-state index in [1.165, 1.54) is 7.11 Å². The van der Waals surface area contributed by atoms with Crippen LogP contribution in [0.1, 0.15) is 85.9 Å². The van der Waals surface area contributed by atoms with Crippen LogP contribution in [-0.2, 0) is 36.5 Å². The standard InChI is InChI=1S/C44H59N3O9Si/c1-26(2)57(27(3)4,28(5)6)56-29(7)38(47-43(51)55-44(8,9)10)37-33-20-16-19-32(39(33)46-40(37)48)34-23-31(21-22-36(34)52-11)24-35(41(49)53-12)45-42(50)54-25-30-17-14-13-15-18-30/h13-23,26-29,35,46,48H,24-25H2,1-12H3,(H,45,50)/b47-38+/t29-,35-/m0/s1. The highest BCUT2D eigenvalue weighted by Crippen LogP contribution is 2.45. The van der Waals surface area contributed by atoms with Gasteiger partial charge in [-0.2, -0.15) is 4.99 Å². The molecule has 0 unspecified atom stereocenters. The first kappa shape index (κ1) is 44.6. The zero-order valence-electron chi connectivity index (χ0n) is 35.3. The topological polar surface area (TPSA) is 158 Å². The second-order valence-electron chi connectivity index (χ2n) is 16.2. The van der Waals surface area contributed by atoms with Crippen molar-refractivity contribution in [1.82, 2.24) is 10.3 Å². The fraction of sp³-hybridized carbons (Fsp3) is 0.455. The van der Waals surface area contributed by atoms with Gasteiger partial charge in [-0.3, -0.25) is 0 Å². The zero-order valence-corrected chi connectivity index (χ0v) is 36.3. The molecule has 0 saturated heterocycles. The fourth-order valence-electron chi connectivity index (χ4n) is 7.76. The highest BCUT2D eigenvalue weighted by molar-refractivity contribution is 6.77. The maximum atomic E-state index is 13.4. The van der Waals surface area contributed by atoms with Crippen LogP contribution in [0, 0.1) is 0 Å². The third kappa shape index (κ3) is 10.6. The van der Waals surface area contributed by atoms with Crippen LogP contribution in [-0.4, -0.2) is 74.2 Å². The van der Waals surface area contributed by atoms with Crippen LogP contribution in [0.15, 0.2) is 71.7 Å². The summed E-state index contributed by atoms with van der Waals surface area (Å²) < 4.78 is 29.0. The Kier molecular flexibility index (Phi) is 14.8. The molecule has 1 aromatic heterocycles. The quantitative estimate of drug-likeness (QED) is 0.0461. The largest absolute Gasteiger partial charge is 0.496 e.